The van der Waals surface area contributed by atoms with Gasteiger partial charge in [0.2, 0.25) is 0 Å². The molecule has 3 N–H and O–H groups in total. The van der Waals surface area contributed by atoms with Crippen molar-refractivity contribution in [3.05, 3.63) is 46.7 Å². The molecule has 0 saturated carbocycles. The number of hydrogen-bond acceptors (Lipinski definition) is 9. The number of nitrogens with zero attached hydrogens (tertiary/aromatic N) is 4. The molecule has 21 heteroatoms. The number of carboxylic acid groups (broad SMARTS) is 3. The van der Waals surface area contributed by atoms with E-state index in [4.69, 9.17) is 34.4 Å². The lowest BCUT2D eigenvalue weighted by atomic mass is 9.89. The number of aromatic nitrogens is 2. The number of hydrogen-bond donors (Lipinski definition) is 3. The maximum absolute atomic E-state index is 10.6. The second-order valence-corrected chi connectivity index (χ2v) is 10.2. The van der Waals surface area contributed by atoms with Gasteiger partial charge < -0.3 is 20.1 Å². The lowest BCUT2D eigenvalue weighted by Crippen LogP contribution is -2.56. The molecule has 2 aromatic heterocycles. The van der Waals surface area contributed by atoms with Gasteiger partial charge in [0.25, 0.3) is 0 Å². The van der Waals surface area contributed by atoms with Crippen molar-refractivity contribution in [3.8, 4) is 0 Å². The first-order valence-corrected chi connectivity index (χ1v) is 13.3. The van der Waals surface area contributed by atoms with E-state index in [2.05, 4.69) is 37.3 Å². The summed E-state index contributed by atoms with van der Waals surface area (Å²) in [5, 5.41) is 24.6. The molecule has 1 spiro atoms. The number of piperidine rings is 1. The van der Waals surface area contributed by atoms with E-state index in [-0.39, 0.29) is 5.60 Å². The Hall–Kier alpha value is -3.56. The van der Waals surface area contributed by atoms with Crippen LogP contribution >= 0.6 is 11.3 Å². The van der Waals surface area contributed by atoms with E-state index in [0.717, 1.165) is 64.4 Å². The second kappa shape index (κ2) is 17.2. The predicted octanol–water partition coefficient (Wildman–Crippen LogP) is 4.31. The number of morpholine rings is 1. The number of carboxylic acids is 3. The van der Waals surface area contributed by atoms with Gasteiger partial charge in [-0.1, -0.05) is 6.07 Å². The van der Waals surface area contributed by atoms with E-state index in [1.807, 2.05) is 18.5 Å². The molecule has 0 bridgehead atoms. The Morgan fingerprint density at radius 3 is 1.69 bits per heavy atom. The van der Waals surface area contributed by atoms with Gasteiger partial charge in [0, 0.05) is 50.5 Å². The second-order valence-electron chi connectivity index (χ2n) is 9.17. The average molecular weight is 687 g/mol. The number of likely N-dealkylation sites (tertiary alicyclic amines) is 1. The van der Waals surface area contributed by atoms with Gasteiger partial charge in [-0.25, -0.2) is 19.4 Å². The summed E-state index contributed by atoms with van der Waals surface area (Å²) in [6.45, 7) is 6.95. The number of halogens is 9. The first-order chi connectivity index (χ1) is 20.6. The Balaban J connectivity index is 0.000000396. The first kappa shape index (κ1) is 39.5. The molecule has 254 valence electrons. The maximum Gasteiger partial charge on any atom is 0.490 e. The third-order valence-corrected chi connectivity index (χ3v) is 6.54. The number of pyridine rings is 1. The van der Waals surface area contributed by atoms with E-state index in [9.17, 15) is 39.5 Å². The molecule has 2 saturated heterocycles. The maximum atomic E-state index is 10.6. The molecule has 4 rings (SSSR count). The Labute approximate surface area is 252 Å². The van der Waals surface area contributed by atoms with Crippen LogP contribution in [0.25, 0.3) is 0 Å². The number of rotatable bonds is 4. The van der Waals surface area contributed by atoms with Crippen molar-refractivity contribution in [3.63, 3.8) is 0 Å². The summed E-state index contributed by atoms with van der Waals surface area (Å²) >= 11 is 1.75. The lowest BCUT2D eigenvalue weighted by Gasteiger charge is -2.47. The number of ether oxygens (including phenoxy) is 1. The summed E-state index contributed by atoms with van der Waals surface area (Å²) in [6.07, 6.45) is -9.26. The van der Waals surface area contributed by atoms with Gasteiger partial charge in [0.1, 0.15) is 5.01 Å². The van der Waals surface area contributed by atoms with E-state index >= 15 is 0 Å². The molecule has 2 aromatic rings. The molecule has 0 amide bonds. The highest BCUT2D eigenvalue weighted by Gasteiger charge is 2.41. The fourth-order valence-corrected chi connectivity index (χ4v) is 4.38. The van der Waals surface area contributed by atoms with E-state index in [1.54, 1.807) is 11.3 Å². The third kappa shape index (κ3) is 15.8. The van der Waals surface area contributed by atoms with Gasteiger partial charge in [-0.05, 0) is 25.0 Å². The summed E-state index contributed by atoms with van der Waals surface area (Å²) in [5.74, 6) is -8.27. The van der Waals surface area contributed by atoms with Gasteiger partial charge in [0.05, 0.1) is 24.4 Å². The van der Waals surface area contributed by atoms with Gasteiger partial charge in [-0.3, -0.25) is 14.8 Å². The highest BCUT2D eigenvalue weighted by atomic mass is 32.1. The molecule has 2 aliphatic heterocycles. The zero-order chi connectivity index (χ0) is 34.5. The van der Waals surface area contributed by atoms with Crippen LogP contribution in [0, 0.1) is 0 Å². The monoisotopic (exact) mass is 686 g/mol. The summed E-state index contributed by atoms with van der Waals surface area (Å²) in [6, 6.07) is 6.15. The first-order valence-electron chi connectivity index (χ1n) is 12.4. The fourth-order valence-electron chi connectivity index (χ4n) is 3.72. The number of aliphatic carboxylic acids is 3. The van der Waals surface area contributed by atoms with Crippen LogP contribution in [0.15, 0.2) is 36.0 Å². The van der Waals surface area contributed by atoms with Crippen molar-refractivity contribution in [2.24, 2.45) is 0 Å². The van der Waals surface area contributed by atoms with Crippen molar-refractivity contribution in [2.75, 3.05) is 32.8 Å². The van der Waals surface area contributed by atoms with Crippen LogP contribution < -0.4 is 0 Å². The minimum absolute atomic E-state index is 0.0341. The van der Waals surface area contributed by atoms with E-state index in [1.165, 1.54) is 5.01 Å². The standard InChI is InChI=1S/C18H24N4OS.3C2HF3O2/c1-2-6-19-16(3-1)13-22-10-11-23-18(15-22)4-8-21(9-5-18)14-17-20-7-12-24-17;3*3-2(4,5)1(6)7/h1-3,6-7,12H,4-5,8-11,13-15H2;3*(H,6,7). The topological polar surface area (TPSA) is 153 Å². The Morgan fingerprint density at radius 2 is 1.29 bits per heavy atom. The normalized spacial score (nSPS) is 17.0. The van der Waals surface area contributed by atoms with Crippen molar-refractivity contribution in [2.45, 2.75) is 50.1 Å². The van der Waals surface area contributed by atoms with E-state index < -0.39 is 36.4 Å². The molecule has 4 heterocycles. The number of thiazole rings is 1. The SMILES string of the molecule is O=C(O)C(F)(F)F.O=C(O)C(F)(F)F.O=C(O)C(F)(F)F.c1ccc(CN2CCOC3(CCN(Cc4nccs4)CC3)C2)nc1. The zero-order valence-corrected chi connectivity index (χ0v) is 23.7. The molecule has 2 aliphatic rings. The molecule has 0 aromatic carbocycles. The van der Waals surface area contributed by atoms with Crippen molar-refractivity contribution in [1.82, 2.24) is 19.8 Å². The summed E-state index contributed by atoms with van der Waals surface area (Å²) in [7, 11) is 0. The van der Waals surface area contributed by atoms with Crippen LogP contribution in [0.5, 0.6) is 0 Å². The predicted molar refractivity (Wildman–Crippen MR) is 136 cm³/mol. The quantitative estimate of drug-likeness (QED) is 0.395. The van der Waals surface area contributed by atoms with Crippen LogP contribution in [0.1, 0.15) is 23.5 Å². The fraction of sp³-hybridized carbons (Fsp3) is 0.542. The summed E-state index contributed by atoms with van der Waals surface area (Å²) in [4.78, 5) is 40.6. The highest BCUT2D eigenvalue weighted by Crippen LogP contribution is 2.31. The van der Waals surface area contributed by atoms with Gasteiger partial charge in [-0.2, -0.15) is 39.5 Å². The van der Waals surface area contributed by atoms with Crippen LogP contribution in [-0.2, 0) is 32.2 Å². The Kier molecular flexibility index (Phi) is 15.1. The molecular formula is C24H27F9N4O7S. The molecule has 11 nitrogen and oxygen atoms in total. The van der Waals surface area contributed by atoms with E-state index in [0.29, 0.717) is 0 Å². The summed E-state index contributed by atoms with van der Waals surface area (Å²) < 4.78 is 101. The molecule has 45 heavy (non-hydrogen) atoms. The van der Waals surface area contributed by atoms with Crippen LogP contribution in [-0.4, -0.2) is 110 Å². The minimum Gasteiger partial charge on any atom is -0.475 e. The van der Waals surface area contributed by atoms with Crippen molar-refractivity contribution < 1.29 is 74.0 Å². The molecule has 2 fully saturated rings. The zero-order valence-electron chi connectivity index (χ0n) is 22.9. The van der Waals surface area contributed by atoms with Gasteiger partial charge in [-0.15, -0.1) is 11.3 Å². The Bertz CT molecular complexity index is 1130. The van der Waals surface area contributed by atoms with Crippen LogP contribution in [0.4, 0.5) is 39.5 Å². The van der Waals surface area contributed by atoms with Gasteiger partial charge >= 0.3 is 36.4 Å². The highest BCUT2D eigenvalue weighted by molar-refractivity contribution is 7.09. The van der Waals surface area contributed by atoms with Crippen LogP contribution in [0.3, 0.4) is 0 Å². The number of alkyl halides is 9. The summed E-state index contributed by atoms with van der Waals surface area (Å²) in [5.41, 5.74) is 1.18. The molecule has 0 aliphatic carbocycles. The van der Waals surface area contributed by atoms with Crippen molar-refractivity contribution in [1.29, 1.82) is 0 Å². The van der Waals surface area contributed by atoms with Crippen molar-refractivity contribution >= 4 is 29.2 Å². The van der Waals surface area contributed by atoms with Crippen LogP contribution in [0.2, 0.25) is 0 Å². The molecule has 0 radical (unpaired) electrons. The smallest absolute Gasteiger partial charge is 0.475 e. The largest absolute Gasteiger partial charge is 0.490 e. The number of carbonyl (C=O) groups is 3. The molecule has 0 atom stereocenters. The Morgan fingerprint density at radius 1 is 0.778 bits per heavy atom. The third-order valence-electron chi connectivity index (χ3n) is 5.78. The minimum atomic E-state index is -5.08. The average Bonchev–Trinajstić information content (AvgIpc) is 3.44. The molecular weight excluding hydrogens is 659 g/mol. The van der Waals surface area contributed by atoms with Gasteiger partial charge in [0.15, 0.2) is 0 Å². The molecule has 0 unspecified atom stereocenters. The lowest BCUT2D eigenvalue weighted by molar-refractivity contribution is -0.193.